The van der Waals surface area contributed by atoms with Gasteiger partial charge in [-0.15, -0.1) is 0 Å². The summed E-state index contributed by atoms with van der Waals surface area (Å²) in [6, 6.07) is 15.5. The van der Waals surface area contributed by atoms with Gasteiger partial charge in [0.2, 0.25) is 0 Å². The molecule has 2 amide bonds. The molecule has 30 heavy (non-hydrogen) atoms. The molecule has 1 fully saturated rings. The predicted molar refractivity (Wildman–Crippen MR) is 121 cm³/mol. The van der Waals surface area contributed by atoms with Crippen molar-refractivity contribution >= 4 is 34.2 Å². The van der Waals surface area contributed by atoms with Crippen molar-refractivity contribution in [1.29, 1.82) is 0 Å². The van der Waals surface area contributed by atoms with Crippen molar-refractivity contribution in [2.75, 3.05) is 45.2 Å². The van der Waals surface area contributed by atoms with E-state index in [4.69, 9.17) is 16.3 Å². The van der Waals surface area contributed by atoms with Gasteiger partial charge < -0.3 is 19.5 Å². The van der Waals surface area contributed by atoms with Crippen LogP contribution in [0.15, 0.2) is 54.7 Å². The molecule has 0 spiro atoms. The molecule has 3 aromatic rings. The topological polar surface area (TPSA) is 49.7 Å². The molecule has 1 aromatic heterocycles. The first kappa shape index (κ1) is 20.7. The first-order valence-electron chi connectivity index (χ1n) is 10.2. The average molecular weight is 427 g/mol. The van der Waals surface area contributed by atoms with Crippen molar-refractivity contribution in [2.45, 2.75) is 13.1 Å². The summed E-state index contributed by atoms with van der Waals surface area (Å²) in [5.74, 6) is 0. The Morgan fingerprint density at radius 3 is 2.77 bits per heavy atom. The summed E-state index contributed by atoms with van der Waals surface area (Å²) in [6.07, 6.45) is 2.11. The Labute approximate surface area is 182 Å². The number of nitrogens with one attached hydrogen (secondary N) is 1. The van der Waals surface area contributed by atoms with Gasteiger partial charge in [0.25, 0.3) is 0 Å². The summed E-state index contributed by atoms with van der Waals surface area (Å²) in [5, 5.41) is 4.77. The third kappa shape index (κ3) is 5.14. The number of morpholine rings is 1. The fraction of sp³-hybridized carbons (Fsp3) is 0.348. The molecule has 1 aliphatic rings. The minimum absolute atomic E-state index is 0.152. The predicted octanol–water partition coefficient (Wildman–Crippen LogP) is 4.29. The quantitative estimate of drug-likeness (QED) is 0.639. The lowest BCUT2D eigenvalue weighted by atomic mass is 10.2. The van der Waals surface area contributed by atoms with Gasteiger partial charge in [0.15, 0.2) is 0 Å². The Morgan fingerprint density at radius 2 is 1.97 bits per heavy atom. The van der Waals surface area contributed by atoms with Gasteiger partial charge in [0, 0.05) is 67.6 Å². The molecule has 1 aliphatic heterocycles. The van der Waals surface area contributed by atoms with Crippen molar-refractivity contribution in [1.82, 2.24) is 14.4 Å². The second-order valence-corrected chi connectivity index (χ2v) is 8.09. The third-order valence-electron chi connectivity index (χ3n) is 5.44. The molecule has 0 saturated carbocycles. The monoisotopic (exact) mass is 426 g/mol. The minimum atomic E-state index is -0.152. The van der Waals surface area contributed by atoms with Gasteiger partial charge in [0.05, 0.1) is 13.2 Å². The summed E-state index contributed by atoms with van der Waals surface area (Å²) in [6.45, 7) is 6.09. The highest BCUT2D eigenvalue weighted by molar-refractivity contribution is 6.30. The Morgan fingerprint density at radius 1 is 1.13 bits per heavy atom. The second-order valence-electron chi connectivity index (χ2n) is 7.65. The van der Waals surface area contributed by atoms with Crippen LogP contribution in [0.3, 0.4) is 0 Å². The van der Waals surface area contributed by atoms with Gasteiger partial charge in [-0.1, -0.05) is 23.7 Å². The molecule has 1 N–H and O–H groups in total. The summed E-state index contributed by atoms with van der Waals surface area (Å²) >= 11 is 6.03. The molecular weight excluding hydrogens is 400 g/mol. The van der Waals surface area contributed by atoms with E-state index in [1.807, 2.05) is 36.4 Å². The largest absolute Gasteiger partial charge is 0.379 e. The van der Waals surface area contributed by atoms with E-state index < -0.39 is 0 Å². The van der Waals surface area contributed by atoms with Crippen LogP contribution in [0.4, 0.5) is 10.5 Å². The number of benzene rings is 2. The highest BCUT2D eigenvalue weighted by Crippen LogP contribution is 2.21. The Balaban J connectivity index is 1.36. The first-order valence-corrected chi connectivity index (χ1v) is 10.6. The van der Waals surface area contributed by atoms with Crippen molar-refractivity contribution in [3.63, 3.8) is 0 Å². The van der Waals surface area contributed by atoms with Gasteiger partial charge in [-0.2, -0.15) is 0 Å². The zero-order valence-corrected chi connectivity index (χ0v) is 17.9. The standard InChI is InChI=1S/C23H27ClN4O2/c1-26(17-18-3-2-4-20(24)15-18)23(29)25-21-5-6-22-19(16-21)7-8-28(22)10-9-27-11-13-30-14-12-27/h2-8,15-16H,9-14,17H2,1H3,(H,25,29). The van der Waals surface area contributed by atoms with E-state index >= 15 is 0 Å². The maximum absolute atomic E-state index is 12.6. The van der Waals surface area contributed by atoms with Crippen LogP contribution in [0, 0.1) is 0 Å². The van der Waals surface area contributed by atoms with Crippen LogP contribution in [0.1, 0.15) is 5.56 Å². The number of nitrogens with zero attached hydrogens (tertiary/aromatic N) is 3. The molecular formula is C23H27ClN4O2. The number of halogens is 1. The van der Waals surface area contributed by atoms with E-state index in [9.17, 15) is 4.79 Å². The Bertz CT molecular complexity index is 1010. The van der Waals surface area contributed by atoms with Gasteiger partial charge in [-0.05, 0) is 42.0 Å². The van der Waals surface area contributed by atoms with E-state index in [1.54, 1.807) is 11.9 Å². The third-order valence-corrected chi connectivity index (χ3v) is 5.67. The van der Waals surface area contributed by atoms with E-state index in [1.165, 1.54) is 5.52 Å². The number of carbonyl (C=O) groups is 1. The number of urea groups is 1. The lowest BCUT2D eigenvalue weighted by Crippen LogP contribution is -2.38. The maximum Gasteiger partial charge on any atom is 0.321 e. The van der Waals surface area contributed by atoms with Crippen molar-refractivity contribution in [3.05, 3.63) is 65.3 Å². The van der Waals surface area contributed by atoms with Crippen LogP contribution in [0.5, 0.6) is 0 Å². The number of ether oxygens (including phenoxy) is 1. The Hall–Kier alpha value is -2.54. The molecule has 158 valence electrons. The number of rotatable bonds is 6. The molecule has 7 heteroatoms. The van der Waals surface area contributed by atoms with Gasteiger partial charge >= 0.3 is 6.03 Å². The van der Waals surface area contributed by atoms with E-state index in [-0.39, 0.29) is 6.03 Å². The minimum Gasteiger partial charge on any atom is -0.379 e. The summed E-state index contributed by atoms with van der Waals surface area (Å²) in [5.41, 5.74) is 2.96. The number of carbonyl (C=O) groups excluding carboxylic acids is 1. The average Bonchev–Trinajstić information content (AvgIpc) is 3.15. The van der Waals surface area contributed by atoms with Crippen LogP contribution < -0.4 is 5.32 Å². The fourth-order valence-electron chi connectivity index (χ4n) is 3.75. The molecule has 4 rings (SSSR count). The lowest BCUT2D eigenvalue weighted by molar-refractivity contribution is 0.0365. The van der Waals surface area contributed by atoms with Crippen LogP contribution >= 0.6 is 11.6 Å². The number of hydrogen-bond acceptors (Lipinski definition) is 3. The summed E-state index contributed by atoms with van der Waals surface area (Å²) < 4.78 is 7.68. The SMILES string of the molecule is CN(Cc1cccc(Cl)c1)C(=O)Nc1ccc2c(ccn2CCN2CCOCC2)c1. The molecule has 1 saturated heterocycles. The molecule has 2 aromatic carbocycles. The first-order chi connectivity index (χ1) is 14.6. The lowest BCUT2D eigenvalue weighted by Gasteiger charge is -2.26. The normalized spacial score (nSPS) is 14.7. The van der Waals surface area contributed by atoms with Crippen LogP contribution in [-0.2, 0) is 17.8 Å². The summed E-state index contributed by atoms with van der Waals surface area (Å²) in [4.78, 5) is 16.7. The molecule has 0 atom stereocenters. The van der Waals surface area contributed by atoms with Crippen LogP contribution in [0.25, 0.3) is 10.9 Å². The number of hydrogen-bond donors (Lipinski definition) is 1. The second kappa shape index (κ2) is 9.51. The fourth-order valence-corrected chi connectivity index (χ4v) is 3.96. The molecule has 0 bridgehead atoms. The summed E-state index contributed by atoms with van der Waals surface area (Å²) in [7, 11) is 1.77. The molecule has 0 radical (unpaired) electrons. The van der Waals surface area contributed by atoms with Crippen molar-refractivity contribution < 1.29 is 9.53 Å². The number of aromatic nitrogens is 1. The van der Waals surface area contributed by atoms with Crippen molar-refractivity contribution in [3.8, 4) is 0 Å². The zero-order valence-electron chi connectivity index (χ0n) is 17.2. The van der Waals surface area contributed by atoms with Crippen LogP contribution in [0.2, 0.25) is 5.02 Å². The number of anilines is 1. The van der Waals surface area contributed by atoms with E-state index in [2.05, 4.69) is 33.1 Å². The number of fused-ring (bicyclic) bond motifs is 1. The highest BCUT2D eigenvalue weighted by Gasteiger charge is 2.12. The number of amides is 2. The molecule has 0 unspecified atom stereocenters. The highest BCUT2D eigenvalue weighted by atomic mass is 35.5. The maximum atomic E-state index is 12.6. The molecule has 2 heterocycles. The zero-order chi connectivity index (χ0) is 20.9. The molecule has 6 nitrogen and oxygen atoms in total. The molecule has 0 aliphatic carbocycles. The smallest absolute Gasteiger partial charge is 0.321 e. The Kier molecular flexibility index (Phi) is 6.57. The van der Waals surface area contributed by atoms with Crippen LogP contribution in [-0.4, -0.2) is 60.3 Å². The van der Waals surface area contributed by atoms with Gasteiger partial charge in [-0.25, -0.2) is 4.79 Å². The van der Waals surface area contributed by atoms with Gasteiger partial charge in [-0.3, -0.25) is 4.90 Å². The van der Waals surface area contributed by atoms with Crippen molar-refractivity contribution in [2.24, 2.45) is 0 Å². The van der Waals surface area contributed by atoms with E-state index in [0.717, 1.165) is 56.0 Å². The van der Waals surface area contributed by atoms with E-state index in [0.29, 0.717) is 11.6 Å². The van der Waals surface area contributed by atoms with Gasteiger partial charge in [0.1, 0.15) is 0 Å².